The van der Waals surface area contributed by atoms with Crippen LogP contribution in [-0.4, -0.2) is 43.6 Å². The number of aliphatic carboxylic acids is 1. The molecule has 4 rings (SSSR count). The number of nitrogens with zero attached hydrogens (tertiary/aromatic N) is 3. The number of amides is 1. The number of benzene rings is 2. The molecule has 1 amide bonds. The number of carbonyl (C=O) groups is 2. The van der Waals surface area contributed by atoms with Gasteiger partial charge in [-0.2, -0.15) is 5.21 Å². The highest BCUT2D eigenvalue weighted by Gasteiger charge is 2.28. The molecule has 0 saturated heterocycles. The number of hydrogen-bond acceptors (Lipinski definition) is 5. The zero-order valence-corrected chi connectivity index (χ0v) is 19.4. The predicted octanol–water partition coefficient (Wildman–Crippen LogP) is 4.25. The van der Waals surface area contributed by atoms with Gasteiger partial charge >= 0.3 is 5.97 Å². The SMILES string of the molecule is CCCC(Cc1ccc(-c2ccccc2-c2nn[nH]n2)cc1)C(=O)NC1CCC(C(=O)O)CC1. The summed E-state index contributed by atoms with van der Waals surface area (Å²) < 4.78 is 0. The lowest BCUT2D eigenvalue weighted by atomic mass is 9.85. The maximum Gasteiger partial charge on any atom is 0.306 e. The highest BCUT2D eigenvalue weighted by Crippen LogP contribution is 2.30. The first-order valence-corrected chi connectivity index (χ1v) is 12.0. The van der Waals surface area contributed by atoms with Crippen LogP contribution in [0.5, 0.6) is 0 Å². The molecule has 3 aromatic rings. The van der Waals surface area contributed by atoms with Crippen LogP contribution in [0.1, 0.15) is 51.0 Å². The van der Waals surface area contributed by atoms with Gasteiger partial charge in [-0.3, -0.25) is 9.59 Å². The highest BCUT2D eigenvalue weighted by molar-refractivity contribution is 5.81. The van der Waals surface area contributed by atoms with E-state index in [1.807, 2.05) is 24.3 Å². The van der Waals surface area contributed by atoms with Crippen LogP contribution in [0.25, 0.3) is 22.5 Å². The van der Waals surface area contributed by atoms with Crippen molar-refractivity contribution in [2.45, 2.75) is 57.9 Å². The minimum atomic E-state index is -0.725. The summed E-state index contributed by atoms with van der Waals surface area (Å²) >= 11 is 0. The summed E-state index contributed by atoms with van der Waals surface area (Å²) in [5.74, 6) is -0.469. The fraction of sp³-hybridized carbons (Fsp3) is 0.423. The Morgan fingerprint density at radius 3 is 2.38 bits per heavy atom. The molecule has 1 aliphatic rings. The second kappa shape index (κ2) is 11.0. The third-order valence-electron chi connectivity index (χ3n) is 6.69. The van der Waals surface area contributed by atoms with Crippen molar-refractivity contribution in [2.24, 2.45) is 11.8 Å². The van der Waals surface area contributed by atoms with Crippen molar-refractivity contribution in [1.29, 1.82) is 0 Å². The summed E-state index contributed by atoms with van der Waals surface area (Å²) in [4.78, 5) is 24.2. The summed E-state index contributed by atoms with van der Waals surface area (Å²) in [7, 11) is 0. The Labute approximate surface area is 199 Å². The zero-order chi connectivity index (χ0) is 23.9. The van der Waals surface area contributed by atoms with Gasteiger partial charge in [0.15, 0.2) is 0 Å². The standard InChI is InChI=1S/C26H31N5O3/c1-2-5-20(25(32)27-21-14-12-19(13-15-21)26(33)34)16-17-8-10-18(11-9-17)22-6-3-4-7-23(22)24-28-30-31-29-24/h3-4,6-11,19-21H,2,5,12-16H2,1H3,(H,27,32)(H,33,34)(H,28,29,30,31). The molecule has 8 heteroatoms. The summed E-state index contributed by atoms with van der Waals surface area (Å²) in [5, 5.41) is 26.8. The van der Waals surface area contributed by atoms with Crippen molar-refractivity contribution in [1.82, 2.24) is 25.9 Å². The van der Waals surface area contributed by atoms with Gasteiger partial charge < -0.3 is 10.4 Å². The van der Waals surface area contributed by atoms with Gasteiger partial charge in [-0.1, -0.05) is 61.9 Å². The average molecular weight is 462 g/mol. The minimum Gasteiger partial charge on any atom is -0.481 e. The van der Waals surface area contributed by atoms with E-state index in [4.69, 9.17) is 0 Å². The first-order valence-electron chi connectivity index (χ1n) is 12.0. The summed E-state index contributed by atoms with van der Waals surface area (Å²) in [5.41, 5.74) is 4.10. The lowest BCUT2D eigenvalue weighted by molar-refractivity contribution is -0.142. The average Bonchev–Trinajstić information content (AvgIpc) is 3.39. The molecule has 1 unspecified atom stereocenters. The number of carboxylic acids is 1. The molecule has 8 nitrogen and oxygen atoms in total. The molecule has 2 aromatic carbocycles. The molecule has 3 N–H and O–H groups in total. The van der Waals surface area contributed by atoms with Crippen LogP contribution in [0, 0.1) is 11.8 Å². The van der Waals surface area contributed by atoms with Gasteiger partial charge in [0.1, 0.15) is 0 Å². The van der Waals surface area contributed by atoms with Crippen LogP contribution in [0.2, 0.25) is 0 Å². The third kappa shape index (κ3) is 5.68. The van der Waals surface area contributed by atoms with Crippen LogP contribution in [-0.2, 0) is 16.0 Å². The first kappa shape index (κ1) is 23.6. The van der Waals surface area contributed by atoms with Crippen molar-refractivity contribution < 1.29 is 14.7 Å². The molecule has 1 saturated carbocycles. The van der Waals surface area contributed by atoms with Crippen LogP contribution in [0.15, 0.2) is 48.5 Å². The Bertz CT molecular complexity index is 1090. The van der Waals surface area contributed by atoms with Gasteiger partial charge in [0, 0.05) is 17.5 Å². The number of carboxylic acid groups (broad SMARTS) is 1. The van der Waals surface area contributed by atoms with Crippen molar-refractivity contribution in [3.63, 3.8) is 0 Å². The molecule has 178 valence electrons. The molecule has 1 atom stereocenters. The molecule has 1 aromatic heterocycles. The van der Waals surface area contributed by atoms with Gasteiger partial charge in [-0.25, -0.2) is 0 Å². The normalized spacial score (nSPS) is 18.9. The fourth-order valence-electron chi connectivity index (χ4n) is 4.79. The number of hydrogen-bond donors (Lipinski definition) is 3. The quantitative estimate of drug-likeness (QED) is 0.438. The van der Waals surface area contributed by atoms with Gasteiger partial charge in [-0.15, -0.1) is 10.2 Å². The maximum absolute atomic E-state index is 13.0. The molecule has 1 fully saturated rings. The monoisotopic (exact) mass is 461 g/mol. The minimum absolute atomic E-state index is 0.0754. The van der Waals surface area contributed by atoms with E-state index in [-0.39, 0.29) is 23.8 Å². The summed E-state index contributed by atoms with van der Waals surface area (Å²) in [6.07, 6.45) is 5.15. The maximum atomic E-state index is 13.0. The Balaban J connectivity index is 1.41. The van der Waals surface area contributed by atoms with Gasteiger partial charge in [0.2, 0.25) is 11.7 Å². The van der Waals surface area contributed by atoms with E-state index < -0.39 is 5.97 Å². The van der Waals surface area contributed by atoms with Crippen molar-refractivity contribution in [3.8, 4) is 22.5 Å². The van der Waals surface area contributed by atoms with Crippen LogP contribution < -0.4 is 5.32 Å². The Hall–Kier alpha value is -3.55. The smallest absolute Gasteiger partial charge is 0.306 e. The first-order chi connectivity index (χ1) is 16.5. The van der Waals surface area contributed by atoms with E-state index >= 15 is 0 Å². The predicted molar refractivity (Wildman–Crippen MR) is 129 cm³/mol. The van der Waals surface area contributed by atoms with Crippen molar-refractivity contribution in [3.05, 3.63) is 54.1 Å². The summed E-state index contributed by atoms with van der Waals surface area (Å²) in [6, 6.07) is 16.3. The molecule has 34 heavy (non-hydrogen) atoms. The topological polar surface area (TPSA) is 121 Å². The molecule has 0 bridgehead atoms. The van der Waals surface area contributed by atoms with E-state index in [9.17, 15) is 14.7 Å². The number of aromatic amines is 1. The molecular weight excluding hydrogens is 430 g/mol. The Morgan fingerprint density at radius 1 is 1.06 bits per heavy atom. The lowest BCUT2D eigenvalue weighted by Crippen LogP contribution is -2.42. The zero-order valence-electron chi connectivity index (χ0n) is 19.4. The van der Waals surface area contributed by atoms with E-state index in [0.717, 1.165) is 47.9 Å². The van der Waals surface area contributed by atoms with E-state index in [1.54, 1.807) is 0 Å². The largest absolute Gasteiger partial charge is 0.481 e. The van der Waals surface area contributed by atoms with Crippen molar-refractivity contribution in [2.75, 3.05) is 0 Å². The van der Waals surface area contributed by atoms with Gasteiger partial charge in [0.25, 0.3) is 0 Å². The van der Waals surface area contributed by atoms with Crippen LogP contribution in [0.4, 0.5) is 0 Å². The van der Waals surface area contributed by atoms with Gasteiger partial charge in [0.05, 0.1) is 5.92 Å². The number of nitrogens with one attached hydrogen (secondary N) is 2. The molecule has 0 spiro atoms. The van der Waals surface area contributed by atoms with Crippen LogP contribution >= 0.6 is 0 Å². The number of rotatable bonds is 9. The third-order valence-corrected chi connectivity index (χ3v) is 6.69. The van der Waals surface area contributed by atoms with E-state index in [1.165, 1.54) is 0 Å². The molecule has 1 aliphatic carbocycles. The van der Waals surface area contributed by atoms with Crippen molar-refractivity contribution >= 4 is 11.9 Å². The van der Waals surface area contributed by atoms with Gasteiger partial charge in [-0.05, 0) is 60.4 Å². The molecule has 0 radical (unpaired) electrons. The van der Waals surface area contributed by atoms with Crippen LogP contribution in [0.3, 0.4) is 0 Å². The van der Waals surface area contributed by atoms with E-state index in [0.29, 0.717) is 25.1 Å². The fourth-order valence-corrected chi connectivity index (χ4v) is 4.79. The highest BCUT2D eigenvalue weighted by atomic mass is 16.4. The Kier molecular flexibility index (Phi) is 7.67. The number of H-pyrrole nitrogens is 1. The lowest BCUT2D eigenvalue weighted by Gasteiger charge is -2.28. The summed E-state index contributed by atoms with van der Waals surface area (Å²) in [6.45, 7) is 2.09. The second-order valence-corrected chi connectivity index (χ2v) is 9.06. The number of tetrazole rings is 1. The molecule has 1 heterocycles. The number of aromatic nitrogens is 4. The number of carbonyl (C=O) groups excluding carboxylic acids is 1. The Morgan fingerprint density at radius 2 is 1.76 bits per heavy atom. The van der Waals surface area contributed by atoms with E-state index in [2.05, 4.69) is 57.1 Å². The molecule has 0 aliphatic heterocycles. The second-order valence-electron chi connectivity index (χ2n) is 9.06. The molecular formula is C26H31N5O3.